The SMILES string of the molecule is CCN(CC)CCCC(C)Nc1ccnc2cc(N(C)C)ccc12. The van der Waals surface area contributed by atoms with Crippen molar-refractivity contribution in [1.82, 2.24) is 9.88 Å². The Kier molecular flexibility index (Phi) is 6.85. The highest BCUT2D eigenvalue weighted by molar-refractivity contribution is 5.93. The first-order valence-electron chi connectivity index (χ1n) is 9.10. The first kappa shape index (κ1) is 18.5. The Morgan fingerprint density at radius 3 is 2.54 bits per heavy atom. The highest BCUT2D eigenvalue weighted by Gasteiger charge is 2.08. The zero-order valence-electron chi connectivity index (χ0n) is 15.8. The number of benzene rings is 1. The first-order valence-corrected chi connectivity index (χ1v) is 9.10. The predicted molar refractivity (Wildman–Crippen MR) is 106 cm³/mol. The van der Waals surface area contributed by atoms with Gasteiger partial charge in [0.25, 0.3) is 0 Å². The molecule has 0 bridgehead atoms. The molecule has 0 radical (unpaired) electrons. The van der Waals surface area contributed by atoms with Gasteiger partial charge in [-0.15, -0.1) is 0 Å². The van der Waals surface area contributed by atoms with E-state index in [1.807, 2.05) is 6.20 Å². The van der Waals surface area contributed by atoms with Crippen LogP contribution in [0.5, 0.6) is 0 Å². The minimum absolute atomic E-state index is 0.458. The van der Waals surface area contributed by atoms with Crippen LogP contribution < -0.4 is 10.2 Å². The molecule has 0 fully saturated rings. The number of pyridine rings is 1. The first-order chi connectivity index (χ1) is 11.5. The van der Waals surface area contributed by atoms with Crippen LogP contribution in [-0.2, 0) is 0 Å². The summed E-state index contributed by atoms with van der Waals surface area (Å²) in [4.78, 5) is 9.12. The zero-order valence-corrected chi connectivity index (χ0v) is 15.8. The van der Waals surface area contributed by atoms with Crippen molar-refractivity contribution in [2.75, 3.05) is 43.9 Å². The van der Waals surface area contributed by atoms with E-state index in [-0.39, 0.29) is 0 Å². The van der Waals surface area contributed by atoms with Gasteiger partial charge in [0.05, 0.1) is 5.52 Å². The topological polar surface area (TPSA) is 31.4 Å². The smallest absolute Gasteiger partial charge is 0.0743 e. The van der Waals surface area contributed by atoms with Gasteiger partial charge < -0.3 is 15.1 Å². The molecule has 0 aliphatic heterocycles. The molecular formula is C20H32N4. The summed E-state index contributed by atoms with van der Waals surface area (Å²) >= 11 is 0. The van der Waals surface area contributed by atoms with Crippen molar-refractivity contribution < 1.29 is 0 Å². The summed E-state index contributed by atoms with van der Waals surface area (Å²) in [6.07, 6.45) is 4.30. The lowest BCUT2D eigenvalue weighted by Crippen LogP contribution is -2.25. The summed E-state index contributed by atoms with van der Waals surface area (Å²) in [5, 5.41) is 4.86. The molecule has 24 heavy (non-hydrogen) atoms. The molecule has 1 aromatic heterocycles. The van der Waals surface area contributed by atoms with Crippen molar-refractivity contribution in [2.24, 2.45) is 0 Å². The van der Waals surface area contributed by atoms with Gasteiger partial charge >= 0.3 is 0 Å². The van der Waals surface area contributed by atoms with Crippen LogP contribution in [0.2, 0.25) is 0 Å². The Balaban J connectivity index is 2.01. The summed E-state index contributed by atoms with van der Waals surface area (Å²) in [6.45, 7) is 10.2. The zero-order chi connectivity index (χ0) is 17.5. The van der Waals surface area contributed by atoms with E-state index < -0.39 is 0 Å². The second kappa shape index (κ2) is 8.88. The molecule has 1 heterocycles. The van der Waals surface area contributed by atoms with Crippen molar-refractivity contribution in [3.05, 3.63) is 30.5 Å². The van der Waals surface area contributed by atoms with Crippen LogP contribution in [0.15, 0.2) is 30.5 Å². The van der Waals surface area contributed by atoms with Gasteiger partial charge in [0, 0.05) is 43.1 Å². The number of nitrogens with one attached hydrogen (secondary N) is 1. The van der Waals surface area contributed by atoms with E-state index in [4.69, 9.17) is 0 Å². The number of hydrogen-bond donors (Lipinski definition) is 1. The highest BCUT2D eigenvalue weighted by Crippen LogP contribution is 2.26. The van der Waals surface area contributed by atoms with Crippen LogP contribution in [0.25, 0.3) is 10.9 Å². The second-order valence-electron chi connectivity index (χ2n) is 6.67. The molecule has 0 amide bonds. The van der Waals surface area contributed by atoms with Gasteiger partial charge in [-0.3, -0.25) is 4.98 Å². The van der Waals surface area contributed by atoms with Crippen molar-refractivity contribution >= 4 is 22.3 Å². The van der Waals surface area contributed by atoms with Crippen LogP contribution in [0.4, 0.5) is 11.4 Å². The Bertz CT molecular complexity index is 635. The number of aromatic nitrogens is 1. The number of rotatable bonds is 9. The fraction of sp³-hybridized carbons (Fsp3) is 0.550. The standard InChI is InChI=1S/C20H32N4/c1-6-24(7-2)14-8-9-16(3)22-19-12-13-21-20-15-17(23(4)5)10-11-18(19)20/h10-13,15-16H,6-9,14H2,1-5H3,(H,21,22). The van der Waals surface area contributed by atoms with E-state index in [0.29, 0.717) is 6.04 Å². The van der Waals surface area contributed by atoms with E-state index in [2.05, 4.69) is 79.2 Å². The average Bonchev–Trinajstić information content (AvgIpc) is 2.58. The normalized spacial score (nSPS) is 12.6. The summed E-state index contributed by atoms with van der Waals surface area (Å²) in [5.74, 6) is 0. The maximum atomic E-state index is 4.53. The van der Waals surface area contributed by atoms with Gasteiger partial charge in [0.15, 0.2) is 0 Å². The lowest BCUT2D eigenvalue weighted by molar-refractivity contribution is 0.295. The molecule has 2 aromatic rings. The molecule has 0 saturated heterocycles. The quantitative estimate of drug-likeness (QED) is 0.746. The molecule has 0 aliphatic carbocycles. The van der Waals surface area contributed by atoms with Crippen molar-refractivity contribution in [1.29, 1.82) is 0 Å². The van der Waals surface area contributed by atoms with Gasteiger partial charge in [0.1, 0.15) is 0 Å². The lowest BCUT2D eigenvalue weighted by Gasteiger charge is -2.21. The minimum Gasteiger partial charge on any atom is -0.382 e. The predicted octanol–water partition coefficient (Wildman–Crippen LogP) is 4.22. The molecule has 1 aromatic carbocycles. The fourth-order valence-electron chi connectivity index (χ4n) is 3.04. The summed E-state index contributed by atoms with van der Waals surface area (Å²) in [6, 6.07) is 9.01. The molecule has 0 saturated carbocycles. The van der Waals surface area contributed by atoms with Crippen molar-refractivity contribution in [3.63, 3.8) is 0 Å². The van der Waals surface area contributed by atoms with Crippen LogP contribution in [0.3, 0.4) is 0 Å². The molecule has 0 spiro atoms. The molecule has 1 unspecified atom stereocenters. The lowest BCUT2D eigenvalue weighted by atomic mass is 10.1. The van der Waals surface area contributed by atoms with E-state index in [0.717, 1.165) is 18.6 Å². The third kappa shape index (κ3) is 4.84. The van der Waals surface area contributed by atoms with Crippen molar-refractivity contribution in [3.8, 4) is 0 Å². The Labute approximate surface area is 146 Å². The van der Waals surface area contributed by atoms with Gasteiger partial charge in [-0.2, -0.15) is 0 Å². The van der Waals surface area contributed by atoms with Crippen LogP contribution in [-0.4, -0.2) is 49.7 Å². The average molecular weight is 329 g/mol. The van der Waals surface area contributed by atoms with E-state index in [1.54, 1.807) is 0 Å². The number of nitrogens with zero attached hydrogens (tertiary/aromatic N) is 3. The number of anilines is 2. The molecule has 1 N–H and O–H groups in total. The number of fused-ring (bicyclic) bond motifs is 1. The van der Waals surface area contributed by atoms with Gasteiger partial charge in [-0.05, 0) is 63.7 Å². The monoisotopic (exact) mass is 328 g/mol. The van der Waals surface area contributed by atoms with Crippen molar-refractivity contribution in [2.45, 2.75) is 39.7 Å². The molecule has 0 aliphatic rings. The highest BCUT2D eigenvalue weighted by atomic mass is 15.1. The minimum atomic E-state index is 0.458. The molecule has 1 atom stereocenters. The molecule has 4 nitrogen and oxygen atoms in total. The van der Waals surface area contributed by atoms with E-state index >= 15 is 0 Å². The molecule has 132 valence electrons. The summed E-state index contributed by atoms with van der Waals surface area (Å²) in [7, 11) is 4.11. The Morgan fingerprint density at radius 1 is 1.12 bits per heavy atom. The molecule has 4 heteroatoms. The maximum absolute atomic E-state index is 4.53. The van der Waals surface area contributed by atoms with Gasteiger partial charge in [-0.25, -0.2) is 0 Å². The fourth-order valence-corrected chi connectivity index (χ4v) is 3.04. The van der Waals surface area contributed by atoms with Crippen LogP contribution in [0, 0.1) is 0 Å². The molecular weight excluding hydrogens is 296 g/mol. The third-order valence-electron chi connectivity index (χ3n) is 4.65. The van der Waals surface area contributed by atoms with Crippen LogP contribution >= 0.6 is 0 Å². The van der Waals surface area contributed by atoms with Gasteiger partial charge in [-0.1, -0.05) is 13.8 Å². The number of hydrogen-bond acceptors (Lipinski definition) is 4. The van der Waals surface area contributed by atoms with E-state index in [9.17, 15) is 0 Å². The largest absolute Gasteiger partial charge is 0.382 e. The Hall–Kier alpha value is -1.81. The van der Waals surface area contributed by atoms with Gasteiger partial charge in [0.2, 0.25) is 0 Å². The van der Waals surface area contributed by atoms with E-state index in [1.165, 1.54) is 36.1 Å². The summed E-state index contributed by atoms with van der Waals surface area (Å²) in [5.41, 5.74) is 3.40. The summed E-state index contributed by atoms with van der Waals surface area (Å²) < 4.78 is 0. The Morgan fingerprint density at radius 2 is 1.88 bits per heavy atom. The second-order valence-corrected chi connectivity index (χ2v) is 6.67. The molecule has 2 rings (SSSR count). The van der Waals surface area contributed by atoms with Crippen LogP contribution in [0.1, 0.15) is 33.6 Å². The third-order valence-corrected chi connectivity index (χ3v) is 4.65. The maximum Gasteiger partial charge on any atom is 0.0743 e.